The van der Waals surface area contributed by atoms with Gasteiger partial charge in [-0.3, -0.25) is 9.69 Å². The van der Waals surface area contributed by atoms with Crippen molar-refractivity contribution in [2.75, 3.05) is 32.1 Å². The molecule has 2 fully saturated rings. The number of benzene rings is 2. The Bertz CT molecular complexity index is 1080. The van der Waals surface area contributed by atoms with Gasteiger partial charge in [0.2, 0.25) is 5.96 Å². The largest absolute Gasteiger partial charge is 0.495 e. The number of hydrogen-bond donors (Lipinski definition) is 0. The molecule has 2 saturated heterocycles. The molecule has 3 amide bonds. The summed E-state index contributed by atoms with van der Waals surface area (Å²) in [5.41, 5.74) is 2.94. The molecule has 3 aliphatic rings. The Kier molecular flexibility index (Phi) is 4.57. The minimum Gasteiger partial charge on any atom is -0.495 e. The summed E-state index contributed by atoms with van der Waals surface area (Å²) in [4.78, 5) is 38.4. The summed E-state index contributed by atoms with van der Waals surface area (Å²) in [6.45, 7) is 3.61. The predicted molar refractivity (Wildman–Crippen MR) is 117 cm³/mol. The number of ether oxygens (including phenoxy) is 1. The number of imide groups is 1. The molecule has 0 spiro atoms. The highest BCUT2D eigenvalue weighted by atomic mass is 16.5. The molecule has 3 heterocycles. The van der Waals surface area contributed by atoms with Gasteiger partial charge in [0, 0.05) is 20.1 Å². The first-order valence-electron chi connectivity index (χ1n) is 10.4. The van der Waals surface area contributed by atoms with Crippen molar-refractivity contribution in [2.45, 2.75) is 25.7 Å². The number of hydrogen-bond acceptors (Lipinski definition) is 6. The Hall–Kier alpha value is -3.55. The Morgan fingerprint density at radius 1 is 1.10 bits per heavy atom. The van der Waals surface area contributed by atoms with E-state index < -0.39 is 12.2 Å². The molecule has 0 bridgehead atoms. The fourth-order valence-electron chi connectivity index (χ4n) is 4.66. The lowest BCUT2D eigenvalue weighted by Crippen LogP contribution is -2.64. The van der Waals surface area contributed by atoms with Gasteiger partial charge in [-0.2, -0.15) is 0 Å². The molecule has 0 saturated carbocycles. The number of urea groups is 1. The molecule has 2 aromatic carbocycles. The van der Waals surface area contributed by atoms with Crippen molar-refractivity contribution < 1.29 is 14.3 Å². The van der Waals surface area contributed by atoms with Crippen LogP contribution in [0.2, 0.25) is 0 Å². The van der Waals surface area contributed by atoms with E-state index in [1.54, 1.807) is 19.1 Å². The van der Waals surface area contributed by atoms with E-state index in [1.165, 1.54) is 4.90 Å². The number of carbonyl (C=O) groups is 2. The van der Waals surface area contributed by atoms with Crippen LogP contribution >= 0.6 is 0 Å². The topological polar surface area (TPSA) is 68.7 Å². The normalized spacial score (nSPS) is 22.6. The molecule has 2 unspecified atom stereocenters. The number of fused-ring (bicyclic) bond motifs is 3. The summed E-state index contributed by atoms with van der Waals surface area (Å²) in [6.07, 6.45) is -0.527. The van der Waals surface area contributed by atoms with Crippen molar-refractivity contribution in [3.63, 3.8) is 0 Å². The highest BCUT2D eigenvalue weighted by Crippen LogP contribution is 2.36. The Morgan fingerprint density at radius 2 is 1.90 bits per heavy atom. The zero-order chi connectivity index (χ0) is 21.7. The quantitative estimate of drug-likeness (QED) is 0.761. The van der Waals surface area contributed by atoms with E-state index in [0.29, 0.717) is 19.0 Å². The van der Waals surface area contributed by atoms with Crippen LogP contribution < -0.4 is 9.64 Å². The summed E-state index contributed by atoms with van der Waals surface area (Å²) in [5, 5.41) is 0. The highest BCUT2D eigenvalue weighted by molar-refractivity contribution is 6.08. The summed E-state index contributed by atoms with van der Waals surface area (Å²) in [5.74, 6) is 1.26. The molecule has 2 atom stereocenters. The van der Waals surface area contributed by atoms with Crippen LogP contribution in [0.4, 0.5) is 10.5 Å². The van der Waals surface area contributed by atoms with Gasteiger partial charge in [0.1, 0.15) is 5.75 Å². The first-order valence-corrected chi connectivity index (χ1v) is 10.4. The van der Waals surface area contributed by atoms with Crippen molar-refractivity contribution in [1.82, 2.24) is 14.7 Å². The molecule has 2 aromatic rings. The maximum atomic E-state index is 13.5. The minimum atomic E-state index is -0.527. The molecule has 8 nitrogen and oxygen atoms in total. The maximum Gasteiger partial charge on any atom is 0.328 e. The Balaban J connectivity index is 1.45. The van der Waals surface area contributed by atoms with Gasteiger partial charge in [0.15, 0.2) is 12.2 Å². The van der Waals surface area contributed by atoms with E-state index in [9.17, 15) is 9.59 Å². The number of rotatable bonds is 4. The number of methoxy groups -OCH3 is 1. The molecule has 160 valence electrons. The minimum absolute atomic E-state index is 0.199. The van der Waals surface area contributed by atoms with Gasteiger partial charge in [0.25, 0.3) is 5.91 Å². The van der Waals surface area contributed by atoms with Crippen LogP contribution in [0.15, 0.2) is 53.5 Å². The number of carbonyl (C=O) groups excluding carboxylic acids is 2. The van der Waals surface area contributed by atoms with Crippen molar-refractivity contribution >= 4 is 23.6 Å². The highest BCUT2D eigenvalue weighted by Gasteiger charge is 2.54. The lowest BCUT2D eigenvalue weighted by Gasteiger charge is -2.40. The molecule has 31 heavy (non-hydrogen) atoms. The second-order valence-electron chi connectivity index (χ2n) is 8.11. The van der Waals surface area contributed by atoms with Crippen molar-refractivity contribution in [2.24, 2.45) is 4.99 Å². The van der Waals surface area contributed by atoms with Gasteiger partial charge in [0.05, 0.1) is 19.3 Å². The van der Waals surface area contributed by atoms with Gasteiger partial charge >= 0.3 is 6.03 Å². The summed E-state index contributed by atoms with van der Waals surface area (Å²) in [7, 11) is 3.36. The Morgan fingerprint density at radius 3 is 2.68 bits per heavy atom. The van der Waals surface area contributed by atoms with E-state index in [4.69, 9.17) is 9.73 Å². The van der Waals surface area contributed by atoms with E-state index in [-0.39, 0.29) is 18.5 Å². The number of anilines is 1. The smallest absolute Gasteiger partial charge is 0.328 e. The summed E-state index contributed by atoms with van der Waals surface area (Å²) < 4.78 is 5.52. The number of guanidine groups is 1. The van der Waals surface area contributed by atoms with Crippen LogP contribution in [0.3, 0.4) is 0 Å². The second kappa shape index (κ2) is 7.30. The number of aryl methyl sites for hydroxylation is 1. The van der Waals surface area contributed by atoms with E-state index in [2.05, 4.69) is 4.90 Å². The zero-order valence-corrected chi connectivity index (χ0v) is 17.9. The molecular weight excluding hydrogens is 394 g/mol. The third-order valence-electron chi connectivity index (χ3n) is 6.18. The van der Waals surface area contributed by atoms with E-state index >= 15 is 0 Å². The maximum absolute atomic E-state index is 13.5. The molecule has 8 heteroatoms. The van der Waals surface area contributed by atoms with E-state index in [1.807, 2.05) is 60.4 Å². The number of aliphatic imine (C=N–C) groups is 1. The average molecular weight is 419 g/mol. The summed E-state index contributed by atoms with van der Waals surface area (Å²) >= 11 is 0. The lowest BCUT2D eigenvalue weighted by atomic mass is 10.1. The van der Waals surface area contributed by atoms with Crippen LogP contribution in [0.25, 0.3) is 0 Å². The van der Waals surface area contributed by atoms with Crippen LogP contribution in [0.1, 0.15) is 11.1 Å². The monoisotopic (exact) mass is 419 g/mol. The van der Waals surface area contributed by atoms with Crippen LogP contribution in [0, 0.1) is 6.92 Å². The second-order valence-corrected chi connectivity index (χ2v) is 8.11. The summed E-state index contributed by atoms with van der Waals surface area (Å²) in [6, 6.07) is 14.8. The number of likely N-dealkylation sites (N-methyl/N-ethyl adjacent to an activating group) is 1. The number of nitrogens with zero attached hydrogens (tertiary/aromatic N) is 5. The third-order valence-corrected chi connectivity index (χ3v) is 6.18. The Labute approximate surface area is 181 Å². The first kappa shape index (κ1) is 19.4. The first-order chi connectivity index (χ1) is 15.0. The van der Waals surface area contributed by atoms with Crippen LogP contribution in [-0.2, 0) is 11.3 Å². The van der Waals surface area contributed by atoms with Gasteiger partial charge in [-0.15, -0.1) is 0 Å². The molecular formula is C23H25N5O3. The fraction of sp³-hybridized carbons (Fsp3) is 0.348. The van der Waals surface area contributed by atoms with Crippen LogP contribution in [-0.4, -0.2) is 72.1 Å². The van der Waals surface area contributed by atoms with Gasteiger partial charge < -0.3 is 19.4 Å². The zero-order valence-electron chi connectivity index (χ0n) is 17.9. The van der Waals surface area contributed by atoms with Crippen molar-refractivity contribution in [3.05, 3.63) is 59.7 Å². The lowest BCUT2D eigenvalue weighted by molar-refractivity contribution is -0.137. The SMILES string of the molecule is COc1ccccc1N1CCN2C1=NC1C2C(=O)N(Cc2cccc(C)c2)C(=O)N1C. The number of amides is 3. The number of para-hydroxylation sites is 2. The molecule has 3 aliphatic heterocycles. The molecule has 0 N–H and O–H groups in total. The van der Waals surface area contributed by atoms with Gasteiger partial charge in [-0.1, -0.05) is 42.0 Å². The fourth-order valence-corrected chi connectivity index (χ4v) is 4.66. The van der Waals surface area contributed by atoms with Gasteiger partial charge in [-0.05, 0) is 24.6 Å². The molecule has 5 rings (SSSR count). The standard InChI is InChI=1S/C23H25N5O3/c1-15-7-6-8-16(13-15)14-28-21(29)19-20(25(2)23(28)30)24-22-26(11-12-27(19)22)17-9-4-5-10-18(17)31-3/h4-10,13,19-20H,11-12,14H2,1-3H3. The van der Waals surface area contributed by atoms with Crippen molar-refractivity contribution in [3.8, 4) is 5.75 Å². The van der Waals surface area contributed by atoms with Crippen LogP contribution in [0.5, 0.6) is 5.75 Å². The van der Waals surface area contributed by atoms with Gasteiger partial charge in [-0.25, -0.2) is 9.79 Å². The average Bonchev–Trinajstić information content (AvgIpc) is 3.35. The molecule has 0 aromatic heterocycles. The molecule has 0 aliphatic carbocycles. The predicted octanol–water partition coefficient (Wildman–Crippen LogP) is 2.28. The molecule has 0 radical (unpaired) electrons. The third kappa shape index (κ3) is 3.01. The van der Waals surface area contributed by atoms with Crippen molar-refractivity contribution in [1.29, 1.82) is 0 Å². The van der Waals surface area contributed by atoms with E-state index in [0.717, 1.165) is 22.6 Å².